The average Bonchev–Trinajstić information content (AvgIpc) is 2.78. The summed E-state index contributed by atoms with van der Waals surface area (Å²) in [4.78, 5) is 36.4. The Kier molecular flexibility index (Phi) is 6.86. The summed E-state index contributed by atoms with van der Waals surface area (Å²) in [5, 5.41) is 2.39. The van der Waals surface area contributed by atoms with E-state index >= 15 is 0 Å². The Morgan fingerprint density at radius 3 is 2.34 bits per heavy atom. The van der Waals surface area contributed by atoms with Gasteiger partial charge in [-0.05, 0) is 72.4 Å². The number of anilines is 1. The van der Waals surface area contributed by atoms with Gasteiger partial charge >= 0.3 is 0 Å². The lowest BCUT2D eigenvalue weighted by Crippen LogP contribution is -2.40. The normalized spacial score (nSPS) is 20.8. The van der Waals surface area contributed by atoms with Crippen LogP contribution in [0.2, 0.25) is 0 Å². The zero-order chi connectivity index (χ0) is 25.4. The molecule has 0 bridgehead atoms. The maximum absolute atomic E-state index is 12.9. The summed E-state index contributed by atoms with van der Waals surface area (Å²) in [7, 11) is -3.78. The number of nitrogens with one attached hydrogen (secondary N) is 2. The number of benzene rings is 2. The number of rotatable bonds is 6. The van der Waals surface area contributed by atoms with Gasteiger partial charge in [-0.15, -0.1) is 0 Å². The summed E-state index contributed by atoms with van der Waals surface area (Å²) in [5.74, 6) is -0.507. The highest BCUT2D eigenvalue weighted by atomic mass is 32.2. The number of sulfonamides is 1. The molecule has 7 nitrogen and oxygen atoms in total. The van der Waals surface area contributed by atoms with E-state index in [1.165, 1.54) is 0 Å². The molecule has 1 aliphatic heterocycles. The van der Waals surface area contributed by atoms with Crippen molar-refractivity contribution in [1.82, 2.24) is 5.32 Å². The van der Waals surface area contributed by atoms with Crippen molar-refractivity contribution in [2.75, 3.05) is 4.72 Å². The van der Waals surface area contributed by atoms with Crippen LogP contribution in [0.4, 0.5) is 5.69 Å². The molecule has 1 heterocycles. The summed E-state index contributed by atoms with van der Waals surface area (Å²) in [5.41, 5.74) is 2.77. The second kappa shape index (κ2) is 9.57. The van der Waals surface area contributed by atoms with Crippen molar-refractivity contribution in [3.8, 4) is 0 Å². The smallest absolute Gasteiger partial charge is 0.261 e. The van der Waals surface area contributed by atoms with Crippen LogP contribution in [0, 0.1) is 11.8 Å². The first-order valence-electron chi connectivity index (χ1n) is 12.1. The van der Waals surface area contributed by atoms with Crippen LogP contribution in [0.1, 0.15) is 74.4 Å². The third-order valence-electron chi connectivity index (χ3n) is 6.95. The predicted molar refractivity (Wildman–Crippen MR) is 134 cm³/mol. The lowest BCUT2D eigenvalue weighted by atomic mass is 9.79. The zero-order valence-electron chi connectivity index (χ0n) is 20.4. The topological polar surface area (TPSA) is 109 Å². The summed E-state index contributed by atoms with van der Waals surface area (Å²) in [6, 6.07) is 12.0. The van der Waals surface area contributed by atoms with Gasteiger partial charge in [0.05, 0.1) is 4.90 Å². The highest BCUT2D eigenvalue weighted by molar-refractivity contribution is 7.92. The van der Waals surface area contributed by atoms with Crippen LogP contribution in [0.25, 0.3) is 0 Å². The monoisotopic (exact) mass is 496 g/mol. The van der Waals surface area contributed by atoms with Gasteiger partial charge in [-0.3, -0.25) is 24.4 Å². The van der Waals surface area contributed by atoms with Crippen molar-refractivity contribution >= 4 is 33.3 Å². The summed E-state index contributed by atoms with van der Waals surface area (Å²) >= 11 is 0. The quantitative estimate of drug-likeness (QED) is 0.578. The summed E-state index contributed by atoms with van der Waals surface area (Å²) in [6.45, 7) is 6.20. The van der Waals surface area contributed by atoms with Crippen LogP contribution >= 0.6 is 0 Å². The molecule has 35 heavy (non-hydrogen) atoms. The lowest BCUT2D eigenvalue weighted by Gasteiger charge is -2.27. The average molecular weight is 497 g/mol. The molecule has 2 aromatic carbocycles. The molecule has 0 radical (unpaired) electrons. The number of ketones is 1. The molecule has 2 aromatic rings. The maximum atomic E-state index is 12.9. The standard InChI is InChI=1S/C27H32N2O5S/c1-27(2,3)20-8-11-22(12-9-20)35(33,34)29-21-10-6-19-14-17(15-24(30)23(19)16-21)4-5-18-7-13-25(31)28-26(18)32/h6,8-12,16-18,29H,4-5,7,13-15H2,1-3H3,(H,28,31,32). The van der Waals surface area contributed by atoms with Gasteiger partial charge in [-0.1, -0.05) is 39.0 Å². The van der Waals surface area contributed by atoms with E-state index in [1.54, 1.807) is 24.3 Å². The first-order valence-corrected chi connectivity index (χ1v) is 13.5. The van der Waals surface area contributed by atoms with Gasteiger partial charge < -0.3 is 0 Å². The number of imide groups is 1. The van der Waals surface area contributed by atoms with Crippen LogP contribution in [0.15, 0.2) is 47.4 Å². The van der Waals surface area contributed by atoms with Crippen molar-refractivity contribution in [2.24, 2.45) is 11.8 Å². The number of hydrogen-bond donors (Lipinski definition) is 2. The van der Waals surface area contributed by atoms with Crippen molar-refractivity contribution in [2.45, 2.75) is 69.6 Å². The largest absolute Gasteiger partial charge is 0.296 e. The Labute approximate surface area is 206 Å². The van der Waals surface area contributed by atoms with Crippen LogP contribution in [0.5, 0.6) is 0 Å². The minimum absolute atomic E-state index is 0.0184. The molecular weight excluding hydrogens is 464 g/mol. The second-order valence-electron chi connectivity index (χ2n) is 10.7. The number of carbonyl (C=O) groups excluding carboxylic acids is 3. The summed E-state index contributed by atoms with van der Waals surface area (Å²) < 4.78 is 28.4. The number of hydrogen-bond acceptors (Lipinski definition) is 5. The van der Waals surface area contributed by atoms with Gasteiger partial charge in [-0.2, -0.15) is 0 Å². The zero-order valence-corrected chi connectivity index (χ0v) is 21.2. The van der Waals surface area contributed by atoms with Crippen LogP contribution in [-0.2, 0) is 31.4 Å². The molecule has 0 spiro atoms. The minimum atomic E-state index is -3.78. The van der Waals surface area contributed by atoms with Gasteiger partial charge in [0, 0.05) is 30.0 Å². The molecule has 2 atom stereocenters. The van der Waals surface area contributed by atoms with E-state index in [0.717, 1.165) is 17.5 Å². The van der Waals surface area contributed by atoms with Crippen molar-refractivity contribution in [3.63, 3.8) is 0 Å². The molecule has 2 aliphatic rings. The molecule has 8 heteroatoms. The second-order valence-corrected chi connectivity index (χ2v) is 12.4. The maximum Gasteiger partial charge on any atom is 0.261 e. The molecule has 186 valence electrons. The Morgan fingerprint density at radius 2 is 1.69 bits per heavy atom. The molecule has 4 rings (SSSR count). The predicted octanol–water partition coefficient (Wildman–Crippen LogP) is 4.36. The fourth-order valence-corrected chi connectivity index (χ4v) is 5.89. The third kappa shape index (κ3) is 5.81. The molecule has 0 saturated carbocycles. The number of carbonyl (C=O) groups is 3. The minimum Gasteiger partial charge on any atom is -0.296 e. The number of Topliss-reactive ketones (excluding diaryl/α,β-unsaturated/α-hetero) is 1. The van der Waals surface area contributed by atoms with Gasteiger partial charge in [0.2, 0.25) is 11.8 Å². The molecule has 2 unspecified atom stereocenters. The molecule has 0 aromatic heterocycles. The molecule has 1 saturated heterocycles. The highest BCUT2D eigenvalue weighted by Gasteiger charge is 2.30. The van der Waals surface area contributed by atoms with Gasteiger partial charge in [0.15, 0.2) is 5.78 Å². The van der Waals surface area contributed by atoms with E-state index in [9.17, 15) is 22.8 Å². The number of piperidine rings is 1. The van der Waals surface area contributed by atoms with E-state index in [2.05, 4.69) is 30.8 Å². The Hall–Kier alpha value is -3.00. The van der Waals surface area contributed by atoms with E-state index in [-0.39, 0.29) is 39.7 Å². The van der Waals surface area contributed by atoms with E-state index in [0.29, 0.717) is 43.4 Å². The molecule has 2 amide bonds. The highest BCUT2D eigenvalue weighted by Crippen LogP contribution is 2.33. The molecule has 1 aliphatic carbocycles. The summed E-state index contributed by atoms with van der Waals surface area (Å²) in [6.07, 6.45) is 3.38. The Balaban J connectivity index is 1.42. The van der Waals surface area contributed by atoms with Crippen LogP contribution in [0.3, 0.4) is 0 Å². The lowest BCUT2D eigenvalue weighted by molar-refractivity contribution is -0.136. The van der Waals surface area contributed by atoms with Crippen molar-refractivity contribution in [3.05, 3.63) is 59.2 Å². The fraction of sp³-hybridized carbons (Fsp3) is 0.444. The third-order valence-corrected chi connectivity index (χ3v) is 8.35. The number of amides is 2. The SMILES string of the molecule is CC(C)(C)c1ccc(S(=O)(=O)Nc2ccc3c(c2)C(=O)CC(CCC2CCC(=O)NC2=O)C3)cc1. The molecular formula is C27H32N2O5S. The fourth-order valence-electron chi connectivity index (χ4n) is 4.84. The van der Waals surface area contributed by atoms with Gasteiger partial charge in [0.1, 0.15) is 0 Å². The van der Waals surface area contributed by atoms with E-state index < -0.39 is 10.0 Å². The van der Waals surface area contributed by atoms with Crippen molar-refractivity contribution < 1.29 is 22.8 Å². The Morgan fingerprint density at radius 1 is 0.971 bits per heavy atom. The molecule has 2 N–H and O–H groups in total. The Bertz CT molecular complexity index is 1260. The first kappa shape index (κ1) is 25.1. The van der Waals surface area contributed by atoms with E-state index in [1.807, 2.05) is 18.2 Å². The van der Waals surface area contributed by atoms with Crippen LogP contribution < -0.4 is 10.0 Å². The van der Waals surface area contributed by atoms with Gasteiger partial charge in [-0.25, -0.2) is 8.42 Å². The van der Waals surface area contributed by atoms with Crippen LogP contribution in [-0.4, -0.2) is 26.0 Å². The number of fused-ring (bicyclic) bond motifs is 1. The first-order chi connectivity index (χ1) is 16.4. The van der Waals surface area contributed by atoms with Gasteiger partial charge in [0.25, 0.3) is 10.0 Å². The van der Waals surface area contributed by atoms with Crippen molar-refractivity contribution in [1.29, 1.82) is 0 Å². The molecule has 1 fully saturated rings. The van der Waals surface area contributed by atoms with E-state index in [4.69, 9.17) is 0 Å².